The molecule has 0 aliphatic rings. The van der Waals surface area contributed by atoms with Crippen molar-refractivity contribution < 1.29 is 9.21 Å². The van der Waals surface area contributed by atoms with Crippen molar-refractivity contribution in [2.45, 2.75) is 26.7 Å². The van der Waals surface area contributed by atoms with E-state index in [1.807, 2.05) is 38.2 Å². The third kappa shape index (κ3) is 2.37. The predicted octanol–water partition coefficient (Wildman–Crippen LogP) is 4.77. The van der Waals surface area contributed by atoms with Crippen LogP contribution in [0.25, 0.3) is 21.7 Å². The summed E-state index contributed by atoms with van der Waals surface area (Å²) >= 11 is 0. The highest BCUT2D eigenvalue weighted by molar-refractivity contribution is 6.08. The summed E-state index contributed by atoms with van der Waals surface area (Å²) in [6, 6.07) is 12.2. The van der Waals surface area contributed by atoms with Crippen LogP contribution in [0.4, 0.5) is 0 Å². The molecule has 3 aromatic rings. The standard InChI is InChI=1S/C19H21NO2/c1-4-5-12-20(3)19(21)17-13(2)15-11-10-14-8-6-7-9-16(14)18(15)22-17/h6-11H,4-5,12H2,1-3H3. The maximum absolute atomic E-state index is 12.6. The number of benzene rings is 2. The highest BCUT2D eigenvalue weighted by Crippen LogP contribution is 2.32. The summed E-state index contributed by atoms with van der Waals surface area (Å²) in [7, 11) is 1.84. The van der Waals surface area contributed by atoms with Gasteiger partial charge in [0.2, 0.25) is 0 Å². The fourth-order valence-electron chi connectivity index (χ4n) is 2.82. The van der Waals surface area contributed by atoms with Crippen LogP contribution >= 0.6 is 0 Å². The minimum Gasteiger partial charge on any atom is -0.450 e. The molecular formula is C19H21NO2. The average molecular weight is 295 g/mol. The Bertz CT molecular complexity index is 832. The van der Waals surface area contributed by atoms with Crippen LogP contribution in [-0.2, 0) is 0 Å². The van der Waals surface area contributed by atoms with Crippen LogP contribution in [0.3, 0.4) is 0 Å². The van der Waals surface area contributed by atoms with Crippen LogP contribution in [0.5, 0.6) is 0 Å². The Balaban J connectivity index is 2.09. The van der Waals surface area contributed by atoms with Gasteiger partial charge in [-0.2, -0.15) is 0 Å². The summed E-state index contributed by atoms with van der Waals surface area (Å²) in [5.41, 5.74) is 1.73. The normalized spacial score (nSPS) is 11.2. The van der Waals surface area contributed by atoms with Crippen LogP contribution < -0.4 is 0 Å². The van der Waals surface area contributed by atoms with Gasteiger partial charge in [-0.3, -0.25) is 4.79 Å². The van der Waals surface area contributed by atoms with E-state index in [0.717, 1.165) is 46.7 Å². The van der Waals surface area contributed by atoms with Crippen molar-refractivity contribution in [1.82, 2.24) is 4.90 Å². The van der Waals surface area contributed by atoms with E-state index in [4.69, 9.17) is 4.42 Å². The summed E-state index contributed by atoms with van der Waals surface area (Å²) in [5.74, 6) is 0.427. The second-order valence-electron chi connectivity index (χ2n) is 5.80. The number of amides is 1. The third-order valence-corrected chi connectivity index (χ3v) is 4.22. The lowest BCUT2D eigenvalue weighted by Crippen LogP contribution is -2.27. The monoisotopic (exact) mass is 295 g/mol. The van der Waals surface area contributed by atoms with E-state index >= 15 is 0 Å². The Morgan fingerprint density at radius 3 is 2.68 bits per heavy atom. The molecule has 0 spiro atoms. The number of furan rings is 1. The summed E-state index contributed by atoms with van der Waals surface area (Å²) in [4.78, 5) is 14.4. The van der Waals surface area contributed by atoms with Gasteiger partial charge in [-0.15, -0.1) is 0 Å². The Kier molecular flexibility index (Phi) is 3.88. The molecule has 0 fully saturated rings. The van der Waals surface area contributed by atoms with Crippen molar-refractivity contribution in [1.29, 1.82) is 0 Å². The lowest BCUT2D eigenvalue weighted by molar-refractivity contribution is 0.0763. The first-order valence-electron chi connectivity index (χ1n) is 7.79. The highest BCUT2D eigenvalue weighted by Gasteiger charge is 2.21. The molecule has 114 valence electrons. The molecule has 1 aromatic heterocycles. The van der Waals surface area contributed by atoms with Crippen molar-refractivity contribution in [3.63, 3.8) is 0 Å². The third-order valence-electron chi connectivity index (χ3n) is 4.22. The molecule has 0 bridgehead atoms. The maximum atomic E-state index is 12.6. The van der Waals surface area contributed by atoms with E-state index in [1.165, 1.54) is 0 Å². The van der Waals surface area contributed by atoms with Crippen LogP contribution in [0.2, 0.25) is 0 Å². The van der Waals surface area contributed by atoms with Gasteiger partial charge in [0.05, 0.1) is 0 Å². The molecule has 0 N–H and O–H groups in total. The summed E-state index contributed by atoms with van der Waals surface area (Å²) in [5, 5.41) is 3.20. The first-order chi connectivity index (χ1) is 10.6. The first-order valence-corrected chi connectivity index (χ1v) is 7.79. The zero-order valence-corrected chi connectivity index (χ0v) is 13.3. The van der Waals surface area contributed by atoms with Gasteiger partial charge in [0.15, 0.2) is 5.76 Å². The lowest BCUT2D eigenvalue weighted by Gasteiger charge is -2.15. The van der Waals surface area contributed by atoms with Crippen LogP contribution in [-0.4, -0.2) is 24.4 Å². The van der Waals surface area contributed by atoms with E-state index < -0.39 is 0 Å². The fraction of sp³-hybridized carbons (Fsp3) is 0.316. The second-order valence-corrected chi connectivity index (χ2v) is 5.80. The number of nitrogens with zero attached hydrogens (tertiary/aromatic N) is 1. The summed E-state index contributed by atoms with van der Waals surface area (Å²) < 4.78 is 5.98. The molecule has 1 heterocycles. The zero-order valence-electron chi connectivity index (χ0n) is 13.3. The first kappa shape index (κ1) is 14.6. The molecule has 3 nitrogen and oxygen atoms in total. The van der Waals surface area contributed by atoms with E-state index in [2.05, 4.69) is 19.1 Å². The SMILES string of the molecule is CCCCN(C)C(=O)c1oc2c(ccc3ccccc32)c1C. The van der Waals surface area contributed by atoms with Gasteiger partial charge in [-0.25, -0.2) is 0 Å². The highest BCUT2D eigenvalue weighted by atomic mass is 16.3. The molecule has 3 rings (SSSR count). The molecule has 0 atom stereocenters. The van der Waals surface area contributed by atoms with Crippen molar-refractivity contribution in [2.24, 2.45) is 0 Å². The largest absolute Gasteiger partial charge is 0.450 e. The van der Waals surface area contributed by atoms with Gasteiger partial charge in [0.1, 0.15) is 5.58 Å². The minimum absolute atomic E-state index is 0.0359. The van der Waals surface area contributed by atoms with Gasteiger partial charge in [-0.05, 0) is 18.7 Å². The average Bonchev–Trinajstić information content (AvgIpc) is 2.89. The molecule has 3 heteroatoms. The molecule has 0 unspecified atom stereocenters. The van der Waals surface area contributed by atoms with E-state index in [0.29, 0.717) is 5.76 Å². The van der Waals surface area contributed by atoms with E-state index in [-0.39, 0.29) is 5.91 Å². The Morgan fingerprint density at radius 2 is 1.91 bits per heavy atom. The molecule has 22 heavy (non-hydrogen) atoms. The van der Waals surface area contributed by atoms with Gasteiger partial charge in [-0.1, -0.05) is 49.7 Å². The van der Waals surface area contributed by atoms with Gasteiger partial charge in [0.25, 0.3) is 5.91 Å². The Labute approximate surface area is 130 Å². The van der Waals surface area contributed by atoms with Crippen molar-refractivity contribution >= 4 is 27.6 Å². The summed E-state index contributed by atoms with van der Waals surface area (Å²) in [6.07, 6.45) is 2.08. The zero-order chi connectivity index (χ0) is 15.7. The molecule has 0 aliphatic heterocycles. The minimum atomic E-state index is -0.0359. The van der Waals surface area contributed by atoms with Crippen molar-refractivity contribution in [2.75, 3.05) is 13.6 Å². The van der Waals surface area contributed by atoms with Crippen LogP contribution in [0, 0.1) is 6.92 Å². The summed E-state index contributed by atoms with van der Waals surface area (Å²) in [6.45, 7) is 4.84. The fourth-order valence-corrected chi connectivity index (χ4v) is 2.82. The number of aryl methyl sites for hydroxylation is 1. The van der Waals surface area contributed by atoms with E-state index in [9.17, 15) is 4.79 Å². The van der Waals surface area contributed by atoms with Crippen LogP contribution in [0.15, 0.2) is 40.8 Å². The smallest absolute Gasteiger partial charge is 0.289 e. The number of carbonyl (C=O) groups is 1. The second kappa shape index (κ2) is 5.84. The van der Waals surface area contributed by atoms with Crippen LogP contribution in [0.1, 0.15) is 35.9 Å². The maximum Gasteiger partial charge on any atom is 0.289 e. The molecule has 2 aromatic carbocycles. The van der Waals surface area contributed by atoms with Gasteiger partial charge in [0, 0.05) is 29.9 Å². The molecule has 0 radical (unpaired) electrons. The quantitative estimate of drug-likeness (QED) is 0.695. The number of rotatable bonds is 4. The molecular weight excluding hydrogens is 274 g/mol. The number of carbonyl (C=O) groups excluding carboxylic acids is 1. The molecule has 0 saturated carbocycles. The number of fused-ring (bicyclic) bond motifs is 3. The Morgan fingerprint density at radius 1 is 1.14 bits per heavy atom. The number of unbranched alkanes of at least 4 members (excludes halogenated alkanes) is 1. The van der Waals surface area contributed by atoms with Gasteiger partial charge >= 0.3 is 0 Å². The van der Waals surface area contributed by atoms with Crippen molar-refractivity contribution in [3.05, 3.63) is 47.7 Å². The lowest BCUT2D eigenvalue weighted by atomic mass is 10.1. The molecule has 0 aliphatic carbocycles. The topological polar surface area (TPSA) is 33.5 Å². The van der Waals surface area contributed by atoms with E-state index in [1.54, 1.807) is 4.90 Å². The predicted molar refractivity (Wildman–Crippen MR) is 90.3 cm³/mol. The molecule has 1 amide bonds. The molecule has 0 saturated heterocycles. The Hall–Kier alpha value is -2.29. The number of hydrogen-bond donors (Lipinski definition) is 0. The number of hydrogen-bond acceptors (Lipinski definition) is 2. The van der Waals surface area contributed by atoms with Crippen molar-refractivity contribution in [3.8, 4) is 0 Å². The van der Waals surface area contributed by atoms with Gasteiger partial charge < -0.3 is 9.32 Å².